The Balaban J connectivity index is 4.36. The number of aliphatic carboxylic acids is 1. The van der Waals surface area contributed by atoms with Crippen molar-refractivity contribution in [1.82, 2.24) is 0 Å². The first kappa shape index (κ1) is 60.5. The predicted octanol–water partition coefficient (Wildman–Crippen LogP) is 13.5. The highest BCUT2D eigenvalue weighted by Gasteiger charge is 2.25. The topological polar surface area (TPSA) is 102 Å². The Labute approximate surface area is 393 Å². The van der Waals surface area contributed by atoms with Crippen molar-refractivity contribution in [2.75, 3.05) is 41.0 Å². The second-order valence-electron chi connectivity index (χ2n) is 18.0. The van der Waals surface area contributed by atoms with Crippen molar-refractivity contribution in [2.24, 2.45) is 0 Å². The van der Waals surface area contributed by atoms with Gasteiger partial charge in [-0.25, -0.2) is 0 Å². The zero-order chi connectivity index (χ0) is 47.0. The van der Waals surface area contributed by atoms with Gasteiger partial charge in [0.2, 0.25) is 0 Å². The Morgan fingerprint density at radius 3 is 1.34 bits per heavy atom. The van der Waals surface area contributed by atoms with E-state index in [0.29, 0.717) is 12.8 Å². The third-order valence-corrected chi connectivity index (χ3v) is 11.0. The molecular formula is C56H95NO7. The molecule has 0 aliphatic carbocycles. The number of carbonyl (C=O) groups excluding carboxylic acids is 3. The fraction of sp³-hybridized carbons (Fsp3) is 0.696. The third-order valence-electron chi connectivity index (χ3n) is 11.0. The van der Waals surface area contributed by atoms with E-state index in [4.69, 9.17) is 14.2 Å². The Bertz CT molecular complexity index is 1320. The van der Waals surface area contributed by atoms with E-state index >= 15 is 0 Å². The van der Waals surface area contributed by atoms with Gasteiger partial charge in [0.1, 0.15) is 12.6 Å². The number of rotatable bonds is 45. The van der Waals surface area contributed by atoms with Crippen LogP contribution in [-0.4, -0.2) is 75.5 Å². The van der Waals surface area contributed by atoms with E-state index < -0.39 is 18.1 Å². The standard InChI is InChI=1S/C56H95NO7/c1-6-8-10-12-14-16-18-20-22-24-26-27-29-31-33-35-37-39-41-43-45-47-55(59)64-52(50-62-49-48-53(56(60)61)57(3,4)5)51-63-54(58)46-44-42-40-38-36-34-32-30-28-25-23-21-19-17-15-13-11-9-7-2/h8,10,14,16,20,22,25-28,31,33,37,39,52-53H,6-7,9,11-13,15,17-19,21,23-24,29-30,32,34-36,38,40-51H2,1-5H3/b10-8+,16-14+,22-20+,27-26+,28-25+,33-31+,39-37+. The van der Waals surface area contributed by atoms with Crippen molar-refractivity contribution in [1.29, 1.82) is 0 Å². The molecule has 0 saturated carbocycles. The molecule has 8 nitrogen and oxygen atoms in total. The lowest BCUT2D eigenvalue weighted by molar-refractivity contribution is -0.889. The average molecular weight is 894 g/mol. The van der Waals surface area contributed by atoms with Gasteiger partial charge >= 0.3 is 11.9 Å². The number of nitrogens with zero attached hydrogens (tertiary/aromatic N) is 1. The summed E-state index contributed by atoms with van der Waals surface area (Å²) in [5.74, 6) is -1.80. The lowest BCUT2D eigenvalue weighted by atomic mass is 10.1. The number of esters is 2. The number of likely N-dealkylation sites (N-methyl/N-ethyl adjacent to an activating group) is 1. The van der Waals surface area contributed by atoms with Crippen LogP contribution in [0.4, 0.5) is 0 Å². The van der Waals surface area contributed by atoms with Gasteiger partial charge in [0.25, 0.3) is 0 Å². The fourth-order valence-electron chi connectivity index (χ4n) is 7.07. The molecule has 0 aromatic rings. The van der Waals surface area contributed by atoms with Crippen LogP contribution in [0.5, 0.6) is 0 Å². The van der Waals surface area contributed by atoms with Gasteiger partial charge in [-0.05, 0) is 89.9 Å². The maximum absolute atomic E-state index is 12.8. The van der Waals surface area contributed by atoms with Crippen molar-refractivity contribution in [3.8, 4) is 0 Å². The van der Waals surface area contributed by atoms with E-state index in [-0.39, 0.29) is 49.1 Å². The maximum atomic E-state index is 12.8. The van der Waals surface area contributed by atoms with Gasteiger partial charge in [-0.1, -0.05) is 176 Å². The highest BCUT2D eigenvalue weighted by molar-refractivity contribution is 5.70. The molecule has 0 bridgehead atoms. The second kappa shape index (κ2) is 46.1. The molecule has 0 spiro atoms. The Kier molecular flexibility index (Phi) is 43.5. The van der Waals surface area contributed by atoms with E-state index in [9.17, 15) is 19.5 Å². The van der Waals surface area contributed by atoms with Crippen molar-refractivity contribution in [3.63, 3.8) is 0 Å². The molecule has 0 heterocycles. The first-order chi connectivity index (χ1) is 31.1. The third kappa shape index (κ3) is 43.7. The van der Waals surface area contributed by atoms with Crippen molar-refractivity contribution in [2.45, 2.75) is 212 Å². The largest absolute Gasteiger partial charge is 0.544 e. The number of carboxylic acid groups (broad SMARTS) is 1. The molecule has 2 atom stereocenters. The van der Waals surface area contributed by atoms with Crippen molar-refractivity contribution in [3.05, 3.63) is 85.1 Å². The summed E-state index contributed by atoms with van der Waals surface area (Å²) in [6.45, 7) is 4.50. The minimum atomic E-state index is -1.13. The van der Waals surface area contributed by atoms with E-state index in [2.05, 4.69) is 98.9 Å². The number of allylic oxidation sites excluding steroid dienone is 14. The molecule has 8 heteroatoms. The van der Waals surface area contributed by atoms with Crippen molar-refractivity contribution >= 4 is 17.9 Å². The zero-order valence-corrected chi connectivity index (χ0v) is 41.7. The number of hydrogen-bond acceptors (Lipinski definition) is 7. The van der Waals surface area contributed by atoms with E-state index in [1.54, 1.807) is 21.1 Å². The van der Waals surface area contributed by atoms with Crippen molar-refractivity contribution < 1.29 is 38.2 Å². The zero-order valence-electron chi connectivity index (χ0n) is 41.7. The molecular weight excluding hydrogens is 799 g/mol. The van der Waals surface area contributed by atoms with Gasteiger partial charge < -0.3 is 28.6 Å². The molecule has 0 aromatic carbocycles. The van der Waals surface area contributed by atoms with E-state index in [1.807, 2.05) is 0 Å². The molecule has 0 fully saturated rings. The molecule has 0 aliphatic heterocycles. The molecule has 2 unspecified atom stereocenters. The summed E-state index contributed by atoms with van der Waals surface area (Å²) in [4.78, 5) is 37.0. The van der Waals surface area contributed by atoms with Gasteiger partial charge in [-0.2, -0.15) is 0 Å². The summed E-state index contributed by atoms with van der Waals surface area (Å²) < 4.78 is 17.2. The molecule has 0 radical (unpaired) electrons. The summed E-state index contributed by atoms with van der Waals surface area (Å²) in [6, 6.07) is -0.739. The first-order valence-electron chi connectivity index (χ1n) is 25.6. The van der Waals surface area contributed by atoms with Gasteiger partial charge in [0.15, 0.2) is 6.10 Å². The second-order valence-corrected chi connectivity index (χ2v) is 18.0. The van der Waals surface area contributed by atoms with Gasteiger partial charge in [-0.15, -0.1) is 0 Å². The van der Waals surface area contributed by atoms with Crippen LogP contribution in [0.1, 0.15) is 200 Å². The summed E-state index contributed by atoms with van der Waals surface area (Å²) in [5.41, 5.74) is 0. The number of quaternary nitrogens is 1. The Morgan fingerprint density at radius 2 is 0.875 bits per heavy atom. The van der Waals surface area contributed by atoms with Crippen LogP contribution in [0.2, 0.25) is 0 Å². The lowest BCUT2D eigenvalue weighted by Gasteiger charge is -2.34. The van der Waals surface area contributed by atoms with Gasteiger partial charge in [0, 0.05) is 19.3 Å². The smallest absolute Gasteiger partial charge is 0.306 e. The molecule has 366 valence electrons. The Hall–Kier alpha value is -3.49. The minimum Gasteiger partial charge on any atom is -0.544 e. The molecule has 0 aromatic heterocycles. The van der Waals surface area contributed by atoms with Crippen LogP contribution >= 0.6 is 0 Å². The Morgan fingerprint density at radius 1 is 0.484 bits per heavy atom. The summed E-state index contributed by atoms with van der Waals surface area (Å²) in [6.07, 6.45) is 60.4. The first-order valence-corrected chi connectivity index (χ1v) is 25.6. The summed E-state index contributed by atoms with van der Waals surface area (Å²) in [7, 11) is 5.39. The molecule has 0 aliphatic rings. The lowest BCUT2D eigenvalue weighted by Crippen LogP contribution is -2.55. The quantitative estimate of drug-likeness (QED) is 0.0260. The van der Waals surface area contributed by atoms with E-state index in [0.717, 1.165) is 70.6 Å². The normalized spacial score (nSPS) is 13.6. The van der Waals surface area contributed by atoms with Gasteiger partial charge in [-0.3, -0.25) is 9.59 Å². The predicted molar refractivity (Wildman–Crippen MR) is 268 cm³/mol. The fourth-order valence-corrected chi connectivity index (χ4v) is 7.07. The van der Waals surface area contributed by atoms with Crippen LogP contribution in [0.25, 0.3) is 0 Å². The minimum absolute atomic E-state index is 0.0174. The van der Waals surface area contributed by atoms with E-state index in [1.165, 1.54) is 89.9 Å². The highest BCUT2D eigenvalue weighted by atomic mass is 16.6. The van der Waals surface area contributed by atoms with Crippen LogP contribution in [0.3, 0.4) is 0 Å². The average Bonchev–Trinajstić information content (AvgIpc) is 3.26. The summed E-state index contributed by atoms with van der Waals surface area (Å²) >= 11 is 0. The number of unbranched alkanes of at least 4 members (excludes halogenated alkanes) is 17. The molecule has 0 saturated heterocycles. The molecule has 0 amide bonds. The monoisotopic (exact) mass is 894 g/mol. The van der Waals surface area contributed by atoms with Gasteiger partial charge in [0.05, 0.1) is 40.3 Å². The van der Waals surface area contributed by atoms with Crippen LogP contribution in [0, 0.1) is 0 Å². The molecule has 64 heavy (non-hydrogen) atoms. The maximum Gasteiger partial charge on any atom is 0.306 e. The highest BCUT2D eigenvalue weighted by Crippen LogP contribution is 2.14. The molecule has 0 rings (SSSR count). The van der Waals surface area contributed by atoms with Crippen LogP contribution < -0.4 is 5.11 Å². The number of hydrogen-bond donors (Lipinski definition) is 0. The summed E-state index contributed by atoms with van der Waals surface area (Å²) in [5, 5.41) is 11.7. The molecule has 0 N–H and O–H groups in total. The number of carboxylic acids is 1. The van der Waals surface area contributed by atoms with Crippen LogP contribution in [-0.2, 0) is 28.6 Å². The number of carbonyl (C=O) groups is 3. The number of ether oxygens (including phenoxy) is 3. The SMILES string of the molecule is CC/C=C/C/C=C/C/C=C/C/C=C/C/C=C/C/C=C/CCCCC(=O)OC(COCCC(C(=O)[O-])[N+](C)(C)C)COC(=O)CCCCCCCCC/C=C/CCCCCCCCCC. The van der Waals surface area contributed by atoms with Crippen LogP contribution in [0.15, 0.2) is 85.1 Å².